The van der Waals surface area contributed by atoms with Crippen molar-refractivity contribution in [3.05, 3.63) is 0 Å². The highest BCUT2D eigenvalue weighted by molar-refractivity contribution is 7.86. The quantitative estimate of drug-likeness (QED) is 0.416. The maximum absolute atomic E-state index is 13.1. The van der Waals surface area contributed by atoms with Gasteiger partial charge >= 0.3 is 17.4 Å². The second kappa shape index (κ2) is 6.65. The van der Waals surface area contributed by atoms with E-state index >= 15 is 0 Å². The van der Waals surface area contributed by atoms with Gasteiger partial charge in [-0.3, -0.25) is 4.79 Å². The standard InChI is InChI=1S/C11H15F5O5S/c12-10(13,14)9(11(15,16)22(18,19)20)21-8(17)6-5-7-3-1-2-4-7/h7,9H,1-6H2,(H,18,19,20)/p-1. The molecule has 0 spiro atoms. The van der Waals surface area contributed by atoms with Crippen LogP contribution < -0.4 is 0 Å². The number of ether oxygens (including phenoxy) is 1. The van der Waals surface area contributed by atoms with E-state index in [0.29, 0.717) is 0 Å². The molecular weight excluding hydrogens is 339 g/mol. The molecule has 22 heavy (non-hydrogen) atoms. The van der Waals surface area contributed by atoms with E-state index in [-0.39, 0.29) is 12.3 Å². The zero-order valence-electron chi connectivity index (χ0n) is 11.2. The summed E-state index contributed by atoms with van der Waals surface area (Å²) < 4.78 is 98.1. The van der Waals surface area contributed by atoms with Crippen LogP contribution in [-0.2, 0) is 19.6 Å². The molecule has 130 valence electrons. The fourth-order valence-electron chi connectivity index (χ4n) is 2.27. The summed E-state index contributed by atoms with van der Waals surface area (Å²) in [5.74, 6) is -1.52. The maximum atomic E-state index is 13.1. The van der Waals surface area contributed by atoms with Crippen molar-refractivity contribution in [1.29, 1.82) is 0 Å². The Labute approximate surface area is 123 Å². The van der Waals surface area contributed by atoms with E-state index < -0.39 is 40.0 Å². The minimum atomic E-state index is -6.64. The molecule has 0 aromatic carbocycles. The Hall–Kier alpha value is -0.970. The fourth-order valence-corrected chi connectivity index (χ4v) is 2.71. The summed E-state index contributed by atoms with van der Waals surface area (Å²) in [6.07, 6.45) is -7.19. The molecule has 1 fully saturated rings. The molecule has 1 aliphatic rings. The number of carbonyl (C=O) groups is 1. The van der Waals surface area contributed by atoms with Crippen LogP contribution >= 0.6 is 0 Å². The van der Waals surface area contributed by atoms with Crippen molar-refractivity contribution >= 4 is 16.1 Å². The highest BCUT2D eigenvalue weighted by atomic mass is 32.2. The Morgan fingerprint density at radius 2 is 1.68 bits per heavy atom. The molecule has 0 radical (unpaired) electrons. The molecule has 1 aliphatic carbocycles. The summed E-state index contributed by atoms with van der Waals surface area (Å²) in [5, 5.41) is -5.78. The van der Waals surface area contributed by atoms with Gasteiger partial charge in [-0.05, 0) is 12.3 Å². The van der Waals surface area contributed by atoms with Crippen molar-refractivity contribution in [2.45, 2.75) is 56.1 Å². The van der Waals surface area contributed by atoms with Crippen molar-refractivity contribution in [1.82, 2.24) is 0 Å². The van der Waals surface area contributed by atoms with Gasteiger partial charge in [-0.1, -0.05) is 25.7 Å². The largest absolute Gasteiger partial charge is 0.743 e. The van der Waals surface area contributed by atoms with Crippen LogP contribution in [0.1, 0.15) is 38.5 Å². The Balaban J connectivity index is 2.75. The van der Waals surface area contributed by atoms with Crippen LogP contribution in [0.2, 0.25) is 0 Å². The third-order valence-corrected chi connectivity index (χ3v) is 4.30. The summed E-state index contributed by atoms with van der Waals surface area (Å²) in [7, 11) is -6.64. The normalized spacial score (nSPS) is 19.2. The van der Waals surface area contributed by atoms with Gasteiger partial charge in [0, 0.05) is 6.42 Å². The third kappa shape index (κ3) is 4.77. The number of esters is 1. The van der Waals surface area contributed by atoms with Crippen molar-refractivity contribution in [3.8, 4) is 0 Å². The van der Waals surface area contributed by atoms with Crippen LogP contribution in [0.25, 0.3) is 0 Å². The first kappa shape index (κ1) is 19.1. The van der Waals surface area contributed by atoms with Gasteiger partial charge in [0.1, 0.15) is 0 Å². The number of halogens is 5. The van der Waals surface area contributed by atoms with Gasteiger partial charge in [0.15, 0.2) is 10.1 Å². The summed E-state index contributed by atoms with van der Waals surface area (Å²) in [6.45, 7) is 0. The van der Waals surface area contributed by atoms with Crippen LogP contribution in [0.3, 0.4) is 0 Å². The second-order valence-electron chi connectivity index (χ2n) is 5.12. The van der Waals surface area contributed by atoms with Gasteiger partial charge in [-0.25, -0.2) is 8.42 Å². The summed E-state index contributed by atoms with van der Waals surface area (Å²) in [4.78, 5) is 11.3. The second-order valence-corrected chi connectivity index (χ2v) is 6.57. The maximum Gasteiger partial charge on any atom is 0.432 e. The summed E-state index contributed by atoms with van der Waals surface area (Å²) >= 11 is 0. The molecule has 0 N–H and O–H groups in total. The van der Waals surface area contributed by atoms with Crippen molar-refractivity contribution in [3.63, 3.8) is 0 Å². The Morgan fingerprint density at radius 1 is 1.18 bits per heavy atom. The van der Waals surface area contributed by atoms with E-state index in [0.717, 1.165) is 25.7 Å². The van der Waals surface area contributed by atoms with Crippen molar-refractivity contribution in [2.75, 3.05) is 0 Å². The van der Waals surface area contributed by atoms with Gasteiger partial charge in [0.25, 0.3) is 6.10 Å². The van der Waals surface area contributed by atoms with Crippen LogP contribution in [0.5, 0.6) is 0 Å². The number of carbonyl (C=O) groups excluding carboxylic acids is 1. The minimum absolute atomic E-state index is 0.0978. The van der Waals surface area contributed by atoms with Gasteiger partial charge in [0.05, 0.1) is 0 Å². The first-order chi connectivity index (χ1) is 9.85. The molecule has 0 bridgehead atoms. The Kier molecular flexibility index (Phi) is 5.77. The monoisotopic (exact) mass is 353 g/mol. The molecule has 5 nitrogen and oxygen atoms in total. The Bertz CT molecular complexity index is 495. The first-order valence-electron chi connectivity index (χ1n) is 6.45. The predicted octanol–water partition coefficient (Wildman–Crippen LogP) is 2.57. The molecule has 0 saturated heterocycles. The fraction of sp³-hybridized carbons (Fsp3) is 0.909. The molecule has 0 aliphatic heterocycles. The van der Waals surface area contributed by atoms with E-state index in [2.05, 4.69) is 4.74 Å². The molecule has 1 atom stereocenters. The average Bonchev–Trinajstić information content (AvgIpc) is 2.83. The molecule has 0 heterocycles. The molecule has 1 rings (SSSR count). The van der Waals surface area contributed by atoms with E-state index in [1.54, 1.807) is 0 Å². The molecule has 11 heteroatoms. The summed E-state index contributed by atoms with van der Waals surface area (Å²) in [5.41, 5.74) is 0. The molecule has 0 amide bonds. The molecule has 1 unspecified atom stereocenters. The molecule has 0 aromatic heterocycles. The van der Waals surface area contributed by atoms with Gasteiger partial charge in [-0.15, -0.1) is 0 Å². The van der Waals surface area contributed by atoms with Crippen molar-refractivity contribution < 1.29 is 44.5 Å². The zero-order valence-corrected chi connectivity index (χ0v) is 12.1. The van der Waals surface area contributed by atoms with Crippen LogP contribution in [-0.4, -0.2) is 36.5 Å². The molecule has 0 aromatic rings. The van der Waals surface area contributed by atoms with Crippen LogP contribution in [0.15, 0.2) is 0 Å². The number of hydrogen-bond acceptors (Lipinski definition) is 5. The molecule has 1 saturated carbocycles. The topological polar surface area (TPSA) is 83.5 Å². The van der Waals surface area contributed by atoms with E-state index in [4.69, 9.17) is 0 Å². The average molecular weight is 353 g/mol. The lowest BCUT2D eigenvalue weighted by atomic mass is 10.0. The molecular formula is C11H14F5O5S-. The first-order valence-corrected chi connectivity index (χ1v) is 7.86. The Morgan fingerprint density at radius 3 is 2.09 bits per heavy atom. The van der Waals surface area contributed by atoms with E-state index in [9.17, 15) is 39.7 Å². The number of rotatable bonds is 6. The van der Waals surface area contributed by atoms with E-state index in [1.807, 2.05) is 0 Å². The summed E-state index contributed by atoms with van der Waals surface area (Å²) in [6, 6.07) is 0. The number of alkyl halides is 5. The SMILES string of the molecule is O=C(CCC1CCCC1)OC(C(F)(F)F)C(F)(F)S(=O)(=O)[O-]. The van der Waals surface area contributed by atoms with Gasteiger partial charge in [0.2, 0.25) is 0 Å². The lowest BCUT2D eigenvalue weighted by Gasteiger charge is -2.29. The van der Waals surface area contributed by atoms with Gasteiger partial charge in [-0.2, -0.15) is 22.0 Å². The smallest absolute Gasteiger partial charge is 0.432 e. The van der Waals surface area contributed by atoms with Crippen molar-refractivity contribution in [2.24, 2.45) is 5.92 Å². The lowest BCUT2D eigenvalue weighted by Crippen LogP contribution is -2.52. The van der Waals surface area contributed by atoms with Gasteiger partial charge < -0.3 is 9.29 Å². The predicted molar refractivity (Wildman–Crippen MR) is 61.8 cm³/mol. The minimum Gasteiger partial charge on any atom is -0.743 e. The third-order valence-electron chi connectivity index (χ3n) is 3.42. The van der Waals surface area contributed by atoms with E-state index in [1.165, 1.54) is 0 Å². The number of hydrogen-bond donors (Lipinski definition) is 0. The van der Waals surface area contributed by atoms with Crippen LogP contribution in [0.4, 0.5) is 22.0 Å². The lowest BCUT2D eigenvalue weighted by molar-refractivity contribution is -0.259. The highest BCUT2D eigenvalue weighted by Crippen LogP contribution is 2.38. The van der Waals surface area contributed by atoms with Crippen LogP contribution in [0, 0.1) is 5.92 Å². The highest BCUT2D eigenvalue weighted by Gasteiger charge is 2.62. The zero-order chi connectivity index (χ0) is 17.2.